The Morgan fingerprint density at radius 1 is 1.21 bits per heavy atom. The molecule has 0 aromatic carbocycles. The van der Waals surface area contributed by atoms with E-state index in [9.17, 15) is 4.79 Å². The number of hydrogen-bond acceptors (Lipinski definition) is 2. The summed E-state index contributed by atoms with van der Waals surface area (Å²) < 4.78 is 3.12. The van der Waals surface area contributed by atoms with Crippen LogP contribution in [0.4, 0.5) is 0 Å². The van der Waals surface area contributed by atoms with Crippen molar-refractivity contribution in [2.24, 2.45) is 0 Å². The summed E-state index contributed by atoms with van der Waals surface area (Å²) in [6.45, 7) is 0.816. The molecule has 4 heteroatoms. The molecule has 14 heavy (non-hydrogen) atoms. The minimum absolute atomic E-state index is 0.0496. The second-order valence-electron chi connectivity index (χ2n) is 2.91. The van der Waals surface area contributed by atoms with Crippen LogP contribution < -0.4 is 5.43 Å². The lowest BCUT2D eigenvalue weighted by molar-refractivity contribution is 0.801. The van der Waals surface area contributed by atoms with E-state index in [-0.39, 0.29) is 5.43 Å². The Balaban J connectivity index is 2.19. The third kappa shape index (κ3) is 2.33. The second kappa shape index (κ2) is 4.11. The largest absolute Gasteiger partial charge is 0.349 e. The highest BCUT2D eigenvalue weighted by atomic mass is 79.9. The normalized spacial score (nSPS) is 10.4. The zero-order valence-corrected chi connectivity index (χ0v) is 9.72. The van der Waals surface area contributed by atoms with E-state index in [1.165, 1.54) is 4.88 Å². The zero-order chi connectivity index (χ0) is 9.97. The molecule has 0 unspecified atom stereocenters. The average molecular weight is 270 g/mol. The molecule has 2 nitrogen and oxygen atoms in total. The molecule has 0 N–H and O–H groups in total. The van der Waals surface area contributed by atoms with Crippen molar-refractivity contribution in [2.75, 3.05) is 0 Å². The van der Waals surface area contributed by atoms with Gasteiger partial charge in [-0.05, 0) is 28.1 Å². The summed E-state index contributed by atoms with van der Waals surface area (Å²) in [4.78, 5) is 12.1. The van der Waals surface area contributed by atoms with Gasteiger partial charge in [0, 0.05) is 29.4 Å². The molecule has 2 aromatic heterocycles. The highest BCUT2D eigenvalue weighted by Crippen LogP contribution is 2.22. The molecular formula is C10H8BrNOS. The van der Waals surface area contributed by atoms with Gasteiger partial charge in [-0.2, -0.15) is 0 Å². The lowest BCUT2D eigenvalue weighted by Crippen LogP contribution is -2.03. The SMILES string of the molecule is O=c1ccn(Cc2ccc(Br)s2)cc1. The van der Waals surface area contributed by atoms with E-state index in [0.29, 0.717) is 0 Å². The topological polar surface area (TPSA) is 22.0 Å². The average Bonchev–Trinajstić information content (AvgIpc) is 2.56. The predicted molar refractivity (Wildman–Crippen MR) is 61.8 cm³/mol. The number of pyridine rings is 1. The molecule has 0 aliphatic heterocycles. The van der Waals surface area contributed by atoms with Gasteiger partial charge in [0.25, 0.3) is 0 Å². The van der Waals surface area contributed by atoms with Crippen molar-refractivity contribution in [3.05, 3.63) is 55.5 Å². The van der Waals surface area contributed by atoms with Gasteiger partial charge in [0.2, 0.25) is 0 Å². The lowest BCUT2D eigenvalue weighted by Gasteiger charge is -2.02. The zero-order valence-electron chi connectivity index (χ0n) is 7.31. The van der Waals surface area contributed by atoms with E-state index in [1.807, 2.05) is 10.6 Å². The van der Waals surface area contributed by atoms with Gasteiger partial charge in [-0.25, -0.2) is 0 Å². The highest BCUT2D eigenvalue weighted by molar-refractivity contribution is 9.11. The van der Waals surface area contributed by atoms with Crippen molar-refractivity contribution in [3.63, 3.8) is 0 Å². The highest BCUT2D eigenvalue weighted by Gasteiger charge is 1.97. The summed E-state index contributed by atoms with van der Waals surface area (Å²) in [5.41, 5.74) is 0.0496. The van der Waals surface area contributed by atoms with Crippen LogP contribution in [0.3, 0.4) is 0 Å². The summed E-state index contributed by atoms with van der Waals surface area (Å²) in [6, 6.07) is 7.25. The van der Waals surface area contributed by atoms with Crippen molar-refractivity contribution in [3.8, 4) is 0 Å². The lowest BCUT2D eigenvalue weighted by atomic mass is 10.4. The summed E-state index contributed by atoms with van der Waals surface area (Å²) >= 11 is 5.12. The minimum atomic E-state index is 0.0496. The maximum atomic E-state index is 10.9. The van der Waals surface area contributed by atoms with E-state index >= 15 is 0 Å². The minimum Gasteiger partial charge on any atom is -0.349 e. The first-order valence-corrected chi connectivity index (χ1v) is 5.75. The van der Waals surface area contributed by atoms with Crippen molar-refractivity contribution in [1.29, 1.82) is 0 Å². The maximum Gasteiger partial charge on any atom is 0.181 e. The first kappa shape index (κ1) is 9.68. The van der Waals surface area contributed by atoms with Gasteiger partial charge in [0.15, 0.2) is 5.43 Å². The van der Waals surface area contributed by atoms with Crippen LogP contribution in [0.5, 0.6) is 0 Å². The number of thiophene rings is 1. The number of hydrogen-bond donors (Lipinski definition) is 0. The molecule has 0 aliphatic rings. The fourth-order valence-corrected chi connectivity index (χ4v) is 2.66. The molecule has 0 atom stereocenters. The van der Waals surface area contributed by atoms with Crippen LogP contribution in [-0.4, -0.2) is 4.57 Å². The number of halogens is 1. The van der Waals surface area contributed by atoms with Gasteiger partial charge < -0.3 is 4.57 Å². The van der Waals surface area contributed by atoms with Gasteiger partial charge in [-0.3, -0.25) is 4.79 Å². The van der Waals surface area contributed by atoms with Crippen LogP contribution in [0, 0.1) is 0 Å². The van der Waals surface area contributed by atoms with Gasteiger partial charge >= 0.3 is 0 Å². The second-order valence-corrected chi connectivity index (χ2v) is 5.46. The Hall–Kier alpha value is -0.870. The molecule has 72 valence electrons. The summed E-state index contributed by atoms with van der Waals surface area (Å²) in [5.74, 6) is 0. The van der Waals surface area contributed by atoms with E-state index in [4.69, 9.17) is 0 Å². The number of aromatic nitrogens is 1. The van der Waals surface area contributed by atoms with E-state index in [0.717, 1.165) is 10.3 Å². The first-order chi connectivity index (χ1) is 6.74. The standard InChI is InChI=1S/C10H8BrNOS/c11-10-2-1-9(14-10)7-12-5-3-8(13)4-6-12/h1-6H,7H2. The molecule has 0 radical (unpaired) electrons. The molecule has 2 heterocycles. The quantitative estimate of drug-likeness (QED) is 0.822. The van der Waals surface area contributed by atoms with Crippen LogP contribution in [0.15, 0.2) is 45.2 Å². The van der Waals surface area contributed by atoms with Gasteiger partial charge in [-0.1, -0.05) is 0 Å². The fourth-order valence-electron chi connectivity index (χ4n) is 1.17. The van der Waals surface area contributed by atoms with E-state index in [1.54, 1.807) is 35.9 Å². The van der Waals surface area contributed by atoms with Crippen LogP contribution in [0.1, 0.15) is 4.88 Å². The van der Waals surface area contributed by atoms with E-state index < -0.39 is 0 Å². The Kier molecular flexibility index (Phi) is 2.84. The molecular weight excluding hydrogens is 262 g/mol. The maximum absolute atomic E-state index is 10.9. The predicted octanol–water partition coefficient (Wildman–Crippen LogP) is 2.72. The molecule has 0 spiro atoms. The Morgan fingerprint density at radius 2 is 1.93 bits per heavy atom. The molecule has 2 rings (SSSR count). The Labute approximate surface area is 94.0 Å². The van der Waals surface area contributed by atoms with Crippen molar-refractivity contribution >= 4 is 27.3 Å². The van der Waals surface area contributed by atoms with Crippen molar-refractivity contribution in [1.82, 2.24) is 4.57 Å². The van der Waals surface area contributed by atoms with Crippen LogP contribution in [-0.2, 0) is 6.54 Å². The third-order valence-corrected chi connectivity index (χ3v) is 3.44. The third-order valence-electron chi connectivity index (χ3n) is 1.83. The van der Waals surface area contributed by atoms with Gasteiger partial charge in [0.1, 0.15) is 0 Å². The Bertz CT molecular complexity index is 468. The Morgan fingerprint density at radius 3 is 2.50 bits per heavy atom. The molecule has 0 aliphatic carbocycles. The summed E-state index contributed by atoms with van der Waals surface area (Å²) in [6.07, 6.45) is 3.60. The van der Waals surface area contributed by atoms with Gasteiger partial charge in [0.05, 0.1) is 10.3 Å². The van der Waals surface area contributed by atoms with Crippen LogP contribution >= 0.6 is 27.3 Å². The molecule has 0 amide bonds. The molecule has 2 aromatic rings. The molecule has 0 saturated heterocycles. The number of nitrogens with zero attached hydrogens (tertiary/aromatic N) is 1. The van der Waals surface area contributed by atoms with Gasteiger partial charge in [-0.15, -0.1) is 11.3 Å². The summed E-state index contributed by atoms with van der Waals surface area (Å²) in [7, 11) is 0. The van der Waals surface area contributed by atoms with E-state index in [2.05, 4.69) is 22.0 Å². The van der Waals surface area contributed by atoms with Crippen LogP contribution in [0.2, 0.25) is 0 Å². The number of rotatable bonds is 2. The molecule has 0 fully saturated rings. The fraction of sp³-hybridized carbons (Fsp3) is 0.100. The first-order valence-electron chi connectivity index (χ1n) is 4.14. The molecule has 0 saturated carbocycles. The summed E-state index contributed by atoms with van der Waals surface area (Å²) in [5, 5.41) is 0. The monoisotopic (exact) mass is 269 g/mol. The smallest absolute Gasteiger partial charge is 0.181 e. The van der Waals surface area contributed by atoms with Crippen molar-refractivity contribution in [2.45, 2.75) is 6.54 Å². The van der Waals surface area contributed by atoms with Crippen molar-refractivity contribution < 1.29 is 0 Å². The van der Waals surface area contributed by atoms with Crippen LogP contribution in [0.25, 0.3) is 0 Å². The molecule has 0 bridgehead atoms.